The van der Waals surface area contributed by atoms with Crippen LogP contribution in [0.25, 0.3) is 11.1 Å². The Morgan fingerprint density at radius 1 is 0.760 bits per heavy atom. The van der Waals surface area contributed by atoms with Crippen molar-refractivity contribution in [2.75, 3.05) is 6.61 Å². The molecule has 0 fully saturated rings. The highest BCUT2D eigenvalue weighted by molar-refractivity contribution is 5.64. The fourth-order valence-corrected chi connectivity index (χ4v) is 3.10. The topological polar surface area (TPSA) is 9.23 Å². The van der Waals surface area contributed by atoms with E-state index in [0.29, 0.717) is 12.4 Å². The van der Waals surface area contributed by atoms with Gasteiger partial charge in [0.1, 0.15) is 0 Å². The van der Waals surface area contributed by atoms with Crippen molar-refractivity contribution in [1.82, 2.24) is 0 Å². The molecule has 2 aromatic rings. The van der Waals surface area contributed by atoms with Crippen LogP contribution < -0.4 is 4.74 Å². The van der Waals surface area contributed by atoms with Crippen LogP contribution >= 0.6 is 0 Å². The molecule has 0 aliphatic heterocycles. The number of rotatable bonds is 11. The maximum atomic E-state index is 14.0. The summed E-state index contributed by atoms with van der Waals surface area (Å²) in [5, 5.41) is 0. The van der Waals surface area contributed by atoms with Crippen molar-refractivity contribution in [3.05, 3.63) is 53.8 Å². The van der Waals surface area contributed by atoms with Crippen molar-refractivity contribution in [1.29, 1.82) is 0 Å². The Morgan fingerprint density at radius 3 is 2.04 bits per heavy atom. The third kappa shape index (κ3) is 6.53. The monoisotopic (exact) mass is 342 g/mol. The molecule has 0 amide bonds. The lowest BCUT2D eigenvalue weighted by Crippen LogP contribution is -1.94. The van der Waals surface area contributed by atoms with E-state index in [-0.39, 0.29) is 5.82 Å². The highest BCUT2D eigenvalue weighted by Gasteiger charge is 2.06. The van der Waals surface area contributed by atoms with E-state index < -0.39 is 0 Å². The number of aryl methyl sites for hydroxylation is 1. The highest BCUT2D eigenvalue weighted by Crippen LogP contribution is 2.26. The van der Waals surface area contributed by atoms with Crippen LogP contribution in [-0.4, -0.2) is 6.61 Å². The lowest BCUT2D eigenvalue weighted by atomic mass is 10.0. The molecule has 0 atom stereocenters. The molecule has 0 aliphatic rings. The first-order valence-corrected chi connectivity index (χ1v) is 9.76. The second-order valence-corrected chi connectivity index (χ2v) is 6.65. The van der Waals surface area contributed by atoms with Crippen molar-refractivity contribution < 1.29 is 9.13 Å². The summed E-state index contributed by atoms with van der Waals surface area (Å²) in [4.78, 5) is 0. The van der Waals surface area contributed by atoms with Gasteiger partial charge in [-0.15, -0.1) is 0 Å². The molecule has 0 N–H and O–H groups in total. The number of benzene rings is 2. The minimum absolute atomic E-state index is 0.300. The molecule has 2 rings (SSSR count). The van der Waals surface area contributed by atoms with Crippen LogP contribution in [0.15, 0.2) is 42.5 Å². The van der Waals surface area contributed by atoms with Gasteiger partial charge in [-0.05, 0) is 48.6 Å². The van der Waals surface area contributed by atoms with Gasteiger partial charge in [0.15, 0.2) is 11.6 Å². The minimum Gasteiger partial charge on any atom is -0.491 e. The Balaban J connectivity index is 1.82. The van der Waals surface area contributed by atoms with Gasteiger partial charge in [0, 0.05) is 0 Å². The highest BCUT2D eigenvalue weighted by atomic mass is 19.1. The van der Waals surface area contributed by atoms with E-state index >= 15 is 0 Å². The molecule has 0 radical (unpaired) electrons. The Hall–Kier alpha value is -1.83. The van der Waals surface area contributed by atoms with E-state index in [2.05, 4.69) is 31.2 Å². The van der Waals surface area contributed by atoms with Crippen LogP contribution in [0.5, 0.6) is 5.75 Å². The van der Waals surface area contributed by atoms with Crippen molar-refractivity contribution in [2.45, 2.75) is 65.2 Å². The maximum Gasteiger partial charge on any atom is 0.165 e. The van der Waals surface area contributed by atoms with Gasteiger partial charge < -0.3 is 4.74 Å². The number of unbranched alkanes of at least 4 members (excludes halogenated alkanes) is 6. The molecule has 0 aliphatic carbocycles. The fourth-order valence-electron chi connectivity index (χ4n) is 3.10. The average molecular weight is 342 g/mol. The average Bonchev–Trinajstić information content (AvgIpc) is 2.63. The van der Waals surface area contributed by atoms with Crippen LogP contribution in [0.2, 0.25) is 0 Å². The summed E-state index contributed by atoms with van der Waals surface area (Å²) in [6.07, 6.45) is 10.5. The summed E-state index contributed by atoms with van der Waals surface area (Å²) in [5.74, 6) is 0.0216. The van der Waals surface area contributed by atoms with Gasteiger partial charge in [-0.1, -0.05) is 75.8 Å². The number of ether oxygens (including phenoxy) is 1. The van der Waals surface area contributed by atoms with E-state index in [4.69, 9.17) is 4.74 Å². The standard InChI is InChI=1S/C23H31FO/c1-3-5-6-7-8-9-10-11-19-12-14-20(15-13-19)21-16-17-23(25-4-2)22(24)18-21/h12-18H,3-11H2,1-2H3. The number of halogens is 1. The summed E-state index contributed by atoms with van der Waals surface area (Å²) in [7, 11) is 0. The van der Waals surface area contributed by atoms with Gasteiger partial charge in [-0.25, -0.2) is 4.39 Å². The van der Waals surface area contributed by atoms with Crippen molar-refractivity contribution in [2.24, 2.45) is 0 Å². The Bertz CT molecular complexity index is 618. The molecule has 0 bridgehead atoms. The molecule has 25 heavy (non-hydrogen) atoms. The first kappa shape index (κ1) is 19.5. The molecule has 2 heteroatoms. The van der Waals surface area contributed by atoms with Crippen LogP contribution in [0.4, 0.5) is 4.39 Å². The molecule has 0 unspecified atom stereocenters. The lowest BCUT2D eigenvalue weighted by Gasteiger charge is -2.08. The molecule has 0 heterocycles. The van der Waals surface area contributed by atoms with Crippen LogP contribution in [0, 0.1) is 5.82 Å². The van der Waals surface area contributed by atoms with Crippen LogP contribution in [0.3, 0.4) is 0 Å². The van der Waals surface area contributed by atoms with Gasteiger partial charge in [0.25, 0.3) is 0 Å². The van der Waals surface area contributed by atoms with Gasteiger partial charge in [0.2, 0.25) is 0 Å². The first-order chi connectivity index (χ1) is 12.2. The van der Waals surface area contributed by atoms with Crippen molar-refractivity contribution in [3.63, 3.8) is 0 Å². The van der Waals surface area contributed by atoms with Gasteiger partial charge in [-0.3, -0.25) is 0 Å². The molecule has 0 aromatic heterocycles. The molecule has 1 nitrogen and oxygen atoms in total. The second kappa shape index (κ2) is 10.9. The number of hydrogen-bond acceptors (Lipinski definition) is 1. The molecule has 0 saturated carbocycles. The third-order valence-electron chi connectivity index (χ3n) is 4.59. The predicted octanol–water partition coefficient (Wildman–Crippen LogP) is 7.18. The zero-order chi connectivity index (χ0) is 17.9. The predicted molar refractivity (Wildman–Crippen MR) is 105 cm³/mol. The normalized spacial score (nSPS) is 10.8. The summed E-state index contributed by atoms with van der Waals surface area (Å²) in [5.41, 5.74) is 3.30. The number of hydrogen-bond donors (Lipinski definition) is 0. The summed E-state index contributed by atoms with van der Waals surface area (Å²) in [6.45, 7) is 4.59. The van der Waals surface area contributed by atoms with Gasteiger partial charge in [-0.2, -0.15) is 0 Å². The van der Waals surface area contributed by atoms with E-state index in [9.17, 15) is 4.39 Å². The maximum absolute atomic E-state index is 14.0. The molecular weight excluding hydrogens is 311 g/mol. The second-order valence-electron chi connectivity index (χ2n) is 6.65. The molecule has 136 valence electrons. The van der Waals surface area contributed by atoms with Gasteiger partial charge in [0.05, 0.1) is 6.61 Å². The first-order valence-electron chi connectivity index (χ1n) is 9.76. The van der Waals surface area contributed by atoms with Crippen molar-refractivity contribution in [3.8, 4) is 16.9 Å². The fraction of sp³-hybridized carbons (Fsp3) is 0.478. The zero-order valence-electron chi connectivity index (χ0n) is 15.7. The lowest BCUT2D eigenvalue weighted by molar-refractivity contribution is 0.321. The van der Waals surface area contributed by atoms with E-state index in [0.717, 1.165) is 17.5 Å². The summed E-state index contributed by atoms with van der Waals surface area (Å²) in [6, 6.07) is 13.7. The summed E-state index contributed by atoms with van der Waals surface area (Å²) >= 11 is 0. The van der Waals surface area contributed by atoms with Crippen molar-refractivity contribution >= 4 is 0 Å². The molecular formula is C23H31FO. The molecule has 0 spiro atoms. The van der Waals surface area contributed by atoms with E-state index in [1.54, 1.807) is 12.1 Å². The largest absolute Gasteiger partial charge is 0.491 e. The molecule has 0 saturated heterocycles. The summed E-state index contributed by atoms with van der Waals surface area (Å²) < 4.78 is 19.3. The smallest absolute Gasteiger partial charge is 0.165 e. The van der Waals surface area contributed by atoms with E-state index in [1.165, 1.54) is 50.5 Å². The minimum atomic E-state index is -0.300. The molecule has 2 aromatic carbocycles. The van der Waals surface area contributed by atoms with E-state index in [1.807, 2.05) is 13.0 Å². The Morgan fingerprint density at radius 2 is 1.40 bits per heavy atom. The van der Waals surface area contributed by atoms with Gasteiger partial charge >= 0.3 is 0 Å². The third-order valence-corrected chi connectivity index (χ3v) is 4.59. The Labute approximate surface area is 152 Å². The Kier molecular flexibility index (Phi) is 8.51. The van der Waals surface area contributed by atoms with Crippen LogP contribution in [0.1, 0.15) is 64.4 Å². The quantitative estimate of drug-likeness (QED) is 0.393. The van der Waals surface area contributed by atoms with Crippen LogP contribution in [-0.2, 0) is 6.42 Å². The zero-order valence-corrected chi connectivity index (χ0v) is 15.7. The SMILES string of the molecule is CCCCCCCCCc1ccc(-c2ccc(OCC)c(F)c2)cc1.